The molecule has 0 fully saturated rings. The largest absolute Gasteiger partial charge is 0.493 e. The monoisotopic (exact) mass is 248 g/mol. The Morgan fingerprint density at radius 3 is 2.24 bits per heavy atom. The van der Waals surface area contributed by atoms with E-state index in [2.05, 4.69) is 31.1 Å². The summed E-state index contributed by atoms with van der Waals surface area (Å²) in [6.45, 7) is 6.73. The van der Waals surface area contributed by atoms with Gasteiger partial charge in [-0.25, -0.2) is 0 Å². The molecular weight excluding hydrogens is 228 g/mol. The number of rotatable bonds is 3. The first-order chi connectivity index (χ1) is 7.96. The van der Waals surface area contributed by atoms with Crippen LogP contribution in [0.25, 0.3) is 0 Å². The van der Waals surface area contributed by atoms with E-state index in [4.69, 9.17) is 9.47 Å². The van der Waals surface area contributed by atoms with Crippen molar-refractivity contribution in [3.05, 3.63) is 23.8 Å². The second-order valence-corrected chi connectivity index (χ2v) is 9.67. The van der Waals surface area contributed by atoms with Gasteiger partial charge in [0.15, 0.2) is 11.5 Å². The van der Waals surface area contributed by atoms with Crippen LogP contribution in [0.4, 0.5) is 0 Å². The van der Waals surface area contributed by atoms with Crippen LogP contribution in [0.15, 0.2) is 18.2 Å². The minimum Gasteiger partial charge on any atom is -0.493 e. The van der Waals surface area contributed by atoms with Crippen LogP contribution in [0.3, 0.4) is 0 Å². The molecule has 0 saturated carbocycles. The van der Waals surface area contributed by atoms with E-state index in [1.54, 1.807) is 14.2 Å². The Kier molecular flexibility index (Phi) is 4.65. The van der Waals surface area contributed by atoms with E-state index in [1.165, 1.54) is 0 Å². The Balaban J connectivity index is 2.82. The Bertz CT molecular complexity index is 436. The highest BCUT2D eigenvalue weighted by molar-refractivity contribution is 6.83. The van der Waals surface area contributed by atoms with Gasteiger partial charge in [-0.3, -0.25) is 0 Å². The van der Waals surface area contributed by atoms with Crippen molar-refractivity contribution in [2.45, 2.75) is 26.1 Å². The van der Waals surface area contributed by atoms with Gasteiger partial charge in [-0.2, -0.15) is 0 Å². The van der Waals surface area contributed by atoms with Crippen LogP contribution in [-0.2, 0) is 6.42 Å². The number of ether oxygens (including phenoxy) is 2. The topological polar surface area (TPSA) is 18.5 Å². The molecule has 0 heterocycles. The van der Waals surface area contributed by atoms with Gasteiger partial charge in [0.25, 0.3) is 0 Å². The quantitative estimate of drug-likeness (QED) is 0.604. The Morgan fingerprint density at radius 2 is 1.71 bits per heavy atom. The second kappa shape index (κ2) is 5.79. The molecule has 1 aromatic rings. The van der Waals surface area contributed by atoms with Gasteiger partial charge in [0.05, 0.1) is 14.2 Å². The molecule has 0 saturated heterocycles. The summed E-state index contributed by atoms with van der Waals surface area (Å²) in [6, 6.07) is 5.93. The zero-order chi connectivity index (χ0) is 12.9. The highest BCUT2D eigenvalue weighted by Crippen LogP contribution is 2.27. The molecule has 1 aromatic carbocycles. The fraction of sp³-hybridized carbons (Fsp3) is 0.429. The fourth-order valence-corrected chi connectivity index (χ4v) is 2.02. The van der Waals surface area contributed by atoms with Crippen LogP contribution in [0, 0.1) is 11.5 Å². The molecule has 0 amide bonds. The minimum atomic E-state index is -1.27. The summed E-state index contributed by atoms with van der Waals surface area (Å²) in [6.07, 6.45) is 0.768. The van der Waals surface area contributed by atoms with Crippen molar-refractivity contribution < 1.29 is 9.47 Å². The first-order valence-electron chi connectivity index (χ1n) is 5.67. The third-order valence-electron chi connectivity index (χ3n) is 2.20. The molecular formula is C14H20O2Si. The number of hydrogen-bond acceptors (Lipinski definition) is 2. The van der Waals surface area contributed by atoms with Crippen LogP contribution >= 0.6 is 0 Å². The molecule has 0 N–H and O–H groups in total. The van der Waals surface area contributed by atoms with E-state index in [1.807, 2.05) is 18.2 Å². The van der Waals surface area contributed by atoms with Crippen molar-refractivity contribution in [3.63, 3.8) is 0 Å². The van der Waals surface area contributed by atoms with Crippen molar-refractivity contribution in [1.82, 2.24) is 0 Å². The van der Waals surface area contributed by atoms with Gasteiger partial charge >= 0.3 is 0 Å². The first kappa shape index (κ1) is 13.7. The van der Waals surface area contributed by atoms with E-state index in [9.17, 15) is 0 Å². The molecule has 0 bridgehead atoms. The van der Waals surface area contributed by atoms with E-state index < -0.39 is 8.07 Å². The van der Waals surface area contributed by atoms with Crippen molar-refractivity contribution in [3.8, 4) is 23.0 Å². The van der Waals surface area contributed by atoms with E-state index in [0.717, 1.165) is 23.5 Å². The molecule has 1 rings (SSSR count). The van der Waals surface area contributed by atoms with Crippen LogP contribution < -0.4 is 9.47 Å². The van der Waals surface area contributed by atoms with Crippen LogP contribution in [0.2, 0.25) is 19.6 Å². The molecule has 0 aliphatic heterocycles. The predicted octanol–water partition coefficient (Wildman–Crippen LogP) is 3.13. The third kappa shape index (κ3) is 4.54. The van der Waals surface area contributed by atoms with Gasteiger partial charge in [-0.1, -0.05) is 25.7 Å². The lowest BCUT2D eigenvalue weighted by molar-refractivity contribution is 0.354. The lowest BCUT2D eigenvalue weighted by atomic mass is 10.1. The summed E-state index contributed by atoms with van der Waals surface area (Å²) < 4.78 is 10.5. The summed E-state index contributed by atoms with van der Waals surface area (Å²) in [7, 11) is 2.02. The maximum atomic E-state index is 5.26. The zero-order valence-corrected chi connectivity index (χ0v) is 12.3. The molecule has 17 heavy (non-hydrogen) atoms. The molecule has 0 aromatic heterocycles. The summed E-state index contributed by atoms with van der Waals surface area (Å²) in [4.78, 5) is 0. The van der Waals surface area contributed by atoms with Crippen molar-refractivity contribution in [1.29, 1.82) is 0 Å². The maximum absolute atomic E-state index is 5.26. The van der Waals surface area contributed by atoms with Gasteiger partial charge in [-0.05, 0) is 17.7 Å². The average molecular weight is 248 g/mol. The Hall–Kier alpha value is -1.40. The minimum absolute atomic E-state index is 0.759. The lowest BCUT2D eigenvalue weighted by Crippen LogP contribution is -2.16. The third-order valence-corrected chi connectivity index (χ3v) is 3.13. The zero-order valence-electron chi connectivity index (χ0n) is 11.3. The molecule has 2 nitrogen and oxygen atoms in total. The van der Waals surface area contributed by atoms with Gasteiger partial charge in [-0.15, -0.1) is 11.5 Å². The van der Waals surface area contributed by atoms with E-state index >= 15 is 0 Å². The summed E-state index contributed by atoms with van der Waals surface area (Å²) in [5, 5.41) is 0. The molecule has 92 valence electrons. The standard InChI is InChI=1S/C14H20O2Si/c1-15-13-9-8-12(11-14(13)16-2)7-6-10-17(3,4)5/h8-9,11H,7H2,1-5H3. The van der Waals surface area contributed by atoms with Gasteiger partial charge in [0.2, 0.25) is 0 Å². The van der Waals surface area contributed by atoms with Crippen molar-refractivity contribution in [2.24, 2.45) is 0 Å². The highest BCUT2D eigenvalue weighted by Gasteiger charge is 2.07. The molecule has 0 unspecified atom stereocenters. The summed E-state index contributed by atoms with van der Waals surface area (Å²) >= 11 is 0. The average Bonchev–Trinajstić information content (AvgIpc) is 2.27. The molecule has 3 heteroatoms. The lowest BCUT2D eigenvalue weighted by Gasteiger charge is -2.08. The van der Waals surface area contributed by atoms with Crippen molar-refractivity contribution >= 4 is 8.07 Å². The number of methoxy groups -OCH3 is 2. The summed E-state index contributed by atoms with van der Waals surface area (Å²) in [5.41, 5.74) is 4.51. The van der Waals surface area contributed by atoms with E-state index in [-0.39, 0.29) is 0 Å². The number of benzene rings is 1. The SMILES string of the molecule is COc1ccc(CC#C[Si](C)(C)C)cc1OC. The molecule has 0 atom stereocenters. The molecule has 0 aliphatic carbocycles. The second-order valence-electron chi connectivity index (χ2n) is 4.92. The summed E-state index contributed by atoms with van der Waals surface area (Å²) in [5.74, 6) is 4.77. The molecule has 0 spiro atoms. The van der Waals surface area contributed by atoms with Gasteiger partial charge in [0, 0.05) is 6.42 Å². The molecule has 0 aliphatic rings. The van der Waals surface area contributed by atoms with Crippen molar-refractivity contribution in [2.75, 3.05) is 14.2 Å². The predicted molar refractivity (Wildman–Crippen MR) is 74.4 cm³/mol. The maximum Gasteiger partial charge on any atom is 0.161 e. The Labute approximate surface area is 105 Å². The van der Waals surface area contributed by atoms with Gasteiger partial charge < -0.3 is 9.47 Å². The van der Waals surface area contributed by atoms with E-state index in [0.29, 0.717) is 0 Å². The number of hydrogen-bond donors (Lipinski definition) is 0. The Morgan fingerprint density at radius 1 is 1.06 bits per heavy atom. The van der Waals surface area contributed by atoms with Crippen LogP contribution in [0.1, 0.15) is 5.56 Å². The van der Waals surface area contributed by atoms with Gasteiger partial charge in [0.1, 0.15) is 8.07 Å². The smallest absolute Gasteiger partial charge is 0.161 e. The molecule has 0 radical (unpaired) electrons. The highest BCUT2D eigenvalue weighted by atomic mass is 28.3. The van der Waals surface area contributed by atoms with Crippen LogP contribution in [0.5, 0.6) is 11.5 Å². The first-order valence-corrected chi connectivity index (χ1v) is 9.17. The normalized spacial score (nSPS) is 10.4. The fourth-order valence-electron chi connectivity index (χ4n) is 1.40. The van der Waals surface area contributed by atoms with Crippen LogP contribution in [-0.4, -0.2) is 22.3 Å².